The lowest BCUT2D eigenvalue weighted by Gasteiger charge is -2.34. The third kappa shape index (κ3) is 2.72. The SMILES string of the molecule is Cc1cc(N2CCOC(CN)C2)c2cc([N+](=O)[O-])ccc2n1. The Kier molecular flexibility index (Phi) is 3.91. The number of aryl methyl sites for hydroxylation is 1. The first-order chi connectivity index (χ1) is 10.6. The van der Waals surface area contributed by atoms with Crippen LogP contribution in [0.3, 0.4) is 0 Å². The lowest BCUT2D eigenvalue weighted by atomic mass is 10.1. The minimum absolute atomic E-state index is 0.0176. The van der Waals surface area contributed by atoms with Gasteiger partial charge in [0, 0.05) is 48.5 Å². The molecule has 0 radical (unpaired) electrons. The van der Waals surface area contributed by atoms with Crippen molar-refractivity contribution in [2.75, 3.05) is 31.1 Å². The highest BCUT2D eigenvalue weighted by molar-refractivity contribution is 5.93. The van der Waals surface area contributed by atoms with E-state index in [4.69, 9.17) is 10.5 Å². The number of aromatic nitrogens is 1. The van der Waals surface area contributed by atoms with Gasteiger partial charge in [0.1, 0.15) is 0 Å². The van der Waals surface area contributed by atoms with E-state index in [0.29, 0.717) is 19.7 Å². The largest absolute Gasteiger partial charge is 0.373 e. The monoisotopic (exact) mass is 302 g/mol. The van der Waals surface area contributed by atoms with Crippen molar-refractivity contribution < 1.29 is 9.66 Å². The van der Waals surface area contributed by atoms with Crippen molar-refractivity contribution >= 4 is 22.3 Å². The molecule has 7 heteroatoms. The summed E-state index contributed by atoms with van der Waals surface area (Å²) in [5.41, 5.74) is 8.36. The van der Waals surface area contributed by atoms with Crippen LogP contribution in [0.5, 0.6) is 0 Å². The zero-order valence-corrected chi connectivity index (χ0v) is 12.4. The van der Waals surface area contributed by atoms with Crippen LogP contribution in [0, 0.1) is 17.0 Å². The molecule has 1 aliphatic rings. The van der Waals surface area contributed by atoms with Gasteiger partial charge in [0.15, 0.2) is 0 Å². The number of anilines is 1. The molecule has 1 saturated heterocycles. The van der Waals surface area contributed by atoms with Gasteiger partial charge in [-0.05, 0) is 19.1 Å². The van der Waals surface area contributed by atoms with Crippen molar-refractivity contribution in [2.45, 2.75) is 13.0 Å². The van der Waals surface area contributed by atoms with E-state index in [1.165, 1.54) is 6.07 Å². The van der Waals surface area contributed by atoms with Gasteiger partial charge in [-0.1, -0.05) is 0 Å². The standard InChI is InChI=1S/C15H18N4O3/c1-10-6-15(18-4-5-22-12(8-16)9-18)13-7-11(19(20)21)2-3-14(13)17-10/h2-3,6-7,12H,4-5,8-9,16H2,1H3. The number of non-ortho nitro benzene ring substituents is 1. The topological polar surface area (TPSA) is 94.5 Å². The molecule has 1 aliphatic heterocycles. The number of rotatable bonds is 3. The van der Waals surface area contributed by atoms with Crippen LogP contribution in [-0.4, -0.2) is 42.3 Å². The quantitative estimate of drug-likeness (QED) is 0.684. The van der Waals surface area contributed by atoms with Crippen LogP contribution in [0.2, 0.25) is 0 Å². The Labute approximate surface area is 127 Å². The maximum Gasteiger partial charge on any atom is 0.270 e. The van der Waals surface area contributed by atoms with Gasteiger partial charge < -0.3 is 15.4 Å². The lowest BCUT2D eigenvalue weighted by Crippen LogP contribution is -2.45. The van der Waals surface area contributed by atoms with Crippen molar-refractivity contribution in [3.8, 4) is 0 Å². The van der Waals surface area contributed by atoms with Gasteiger partial charge in [0.05, 0.1) is 23.2 Å². The van der Waals surface area contributed by atoms with Crippen molar-refractivity contribution in [2.24, 2.45) is 5.73 Å². The van der Waals surface area contributed by atoms with E-state index >= 15 is 0 Å². The second kappa shape index (κ2) is 5.86. The Morgan fingerprint density at radius 1 is 1.50 bits per heavy atom. The molecule has 0 spiro atoms. The molecule has 0 amide bonds. The molecule has 1 atom stereocenters. The molecule has 1 aromatic heterocycles. The number of nitro benzene ring substituents is 1. The van der Waals surface area contributed by atoms with Gasteiger partial charge in [0.2, 0.25) is 0 Å². The smallest absolute Gasteiger partial charge is 0.270 e. The molecule has 1 aromatic carbocycles. The average Bonchev–Trinajstić information content (AvgIpc) is 2.53. The average molecular weight is 302 g/mol. The van der Waals surface area contributed by atoms with E-state index in [-0.39, 0.29) is 16.7 Å². The summed E-state index contributed by atoms with van der Waals surface area (Å²) in [6, 6.07) is 6.74. The van der Waals surface area contributed by atoms with Crippen LogP contribution >= 0.6 is 0 Å². The van der Waals surface area contributed by atoms with Crippen LogP contribution in [0.1, 0.15) is 5.69 Å². The fourth-order valence-corrected chi connectivity index (χ4v) is 2.78. The molecule has 3 rings (SSSR count). The first-order valence-electron chi connectivity index (χ1n) is 7.21. The van der Waals surface area contributed by atoms with Crippen LogP contribution in [0.15, 0.2) is 24.3 Å². The lowest BCUT2D eigenvalue weighted by molar-refractivity contribution is -0.384. The first kappa shape index (κ1) is 14.7. The highest BCUT2D eigenvalue weighted by atomic mass is 16.6. The van der Waals surface area contributed by atoms with E-state index in [2.05, 4.69) is 9.88 Å². The summed E-state index contributed by atoms with van der Waals surface area (Å²) in [6.07, 6.45) is -0.0176. The number of fused-ring (bicyclic) bond motifs is 1. The minimum Gasteiger partial charge on any atom is -0.373 e. The predicted octanol–water partition coefficient (Wildman–Crippen LogP) is 1.62. The van der Waals surface area contributed by atoms with E-state index in [1.54, 1.807) is 12.1 Å². The summed E-state index contributed by atoms with van der Waals surface area (Å²) in [5.74, 6) is 0. The number of nitrogens with two attached hydrogens (primary N) is 1. The summed E-state index contributed by atoms with van der Waals surface area (Å²) < 4.78 is 5.59. The number of nitrogens with zero attached hydrogens (tertiary/aromatic N) is 3. The molecule has 116 valence electrons. The van der Waals surface area contributed by atoms with Crippen molar-refractivity contribution in [3.63, 3.8) is 0 Å². The van der Waals surface area contributed by atoms with E-state index < -0.39 is 0 Å². The summed E-state index contributed by atoms with van der Waals surface area (Å²) in [6.45, 7) is 4.39. The van der Waals surface area contributed by atoms with Crippen LogP contribution in [0.4, 0.5) is 11.4 Å². The van der Waals surface area contributed by atoms with E-state index in [0.717, 1.165) is 28.8 Å². The Morgan fingerprint density at radius 3 is 3.05 bits per heavy atom. The van der Waals surface area contributed by atoms with Gasteiger partial charge in [-0.25, -0.2) is 0 Å². The minimum atomic E-state index is -0.384. The highest BCUT2D eigenvalue weighted by Crippen LogP contribution is 2.30. The van der Waals surface area contributed by atoms with Crippen LogP contribution < -0.4 is 10.6 Å². The molecule has 0 aliphatic carbocycles. The van der Waals surface area contributed by atoms with Crippen molar-refractivity contribution in [1.29, 1.82) is 0 Å². The fourth-order valence-electron chi connectivity index (χ4n) is 2.78. The Morgan fingerprint density at radius 2 is 2.32 bits per heavy atom. The van der Waals surface area contributed by atoms with Crippen LogP contribution in [0.25, 0.3) is 10.9 Å². The molecular weight excluding hydrogens is 284 g/mol. The fraction of sp³-hybridized carbons (Fsp3) is 0.400. The van der Waals surface area contributed by atoms with E-state index in [1.807, 2.05) is 13.0 Å². The predicted molar refractivity (Wildman–Crippen MR) is 84.1 cm³/mol. The number of benzene rings is 1. The maximum atomic E-state index is 11.0. The zero-order valence-electron chi connectivity index (χ0n) is 12.4. The molecule has 2 aromatic rings. The second-order valence-corrected chi connectivity index (χ2v) is 5.42. The first-order valence-corrected chi connectivity index (χ1v) is 7.21. The Bertz CT molecular complexity index is 719. The second-order valence-electron chi connectivity index (χ2n) is 5.42. The number of hydrogen-bond donors (Lipinski definition) is 1. The van der Waals surface area contributed by atoms with E-state index in [9.17, 15) is 10.1 Å². The summed E-state index contributed by atoms with van der Waals surface area (Å²) in [4.78, 5) is 17.3. The third-order valence-corrected chi connectivity index (χ3v) is 3.85. The molecule has 1 unspecified atom stereocenters. The summed E-state index contributed by atoms with van der Waals surface area (Å²) >= 11 is 0. The molecule has 2 heterocycles. The molecule has 22 heavy (non-hydrogen) atoms. The van der Waals surface area contributed by atoms with Crippen LogP contribution in [-0.2, 0) is 4.74 Å². The Balaban J connectivity index is 2.10. The molecule has 1 fully saturated rings. The number of hydrogen-bond acceptors (Lipinski definition) is 6. The van der Waals surface area contributed by atoms with Gasteiger partial charge in [-0.15, -0.1) is 0 Å². The third-order valence-electron chi connectivity index (χ3n) is 3.85. The molecule has 2 N–H and O–H groups in total. The molecule has 0 bridgehead atoms. The number of pyridine rings is 1. The molecule has 0 saturated carbocycles. The summed E-state index contributed by atoms with van der Waals surface area (Å²) in [7, 11) is 0. The maximum absolute atomic E-state index is 11.0. The van der Waals surface area contributed by atoms with Gasteiger partial charge in [0.25, 0.3) is 5.69 Å². The Hall–Kier alpha value is -2.25. The number of ether oxygens (including phenoxy) is 1. The van der Waals surface area contributed by atoms with Crippen molar-refractivity contribution in [3.05, 3.63) is 40.1 Å². The van der Waals surface area contributed by atoms with Crippen molar-refractivity contribution in [1.82, 2.24) is 4.98 Å². The summed E-state index contributed by atoms with van der Waals surface area (Å²) in [5, 5.41) is 11.8. The normalized spacial score (nSPS) is 18.6. The van der Waals surface area contributed by atoms with Gasteiger partial charge in [-0.3, -0.25) is 15.1 Å². The zero-order chi connectivity index (χ0) is 15.7. The molecule has 7 nitrogen and oxygen atoms in total. The molecular formula is C15H18N4O3. The number of nitro groups is 1. The number of morpholine rings is 1. The van der Waals surface area contributed by atoms with Gasteiger partial charge in [-0.2, -0.15) is 0 Å². The van der Waals surface area contributed by atoms with Gasteiger partial charge >= 0.3 is 0 Å². The highest BCUT2D eigenvalue weighted by Gasteiger charge is 2.22.